The molecule has 20 heavy (non-hydrogen) atoms. The van der Waals surface area contributed by atoms with E-state index in [-0.39, 0.29) is 5.91 Å². The van der Waals surface area contributed by atoms with Crippen molar-refractivity contribution in [1.29, 1.82) is 0 Å². The van der Waals surface area contributed by atoms with Crippen molar-refractivity contribution in [2.24, 2.45) is 0 Å². The summed E-state index contributed by atoms with van der Waals surface area (Å²) in [6, 6.07) is 5.49. The number of pyridine rings is 1. The summed E-state index contributed by atoms with van der Waals surface area (Å²) in [6.45, 7) is 3.75. The SMILES string of the molecule is Cc1cc(Br)c(NC(=O)c2cc(N)cnc2C)c(Br)c1. The molecule has 0 saturated carbocycles. The van der Waals surface area contributed by atoms with Gasteiger partial charge >= 0.3 is 0 Å². The molecule has 0 bridgehead atoms. The van der Waals surface area contributed by atoms with Gasteiger partial charge in [-0.3, -0.25) is 9.78 Å². The number of aryl methyl sites for hydroxylation is 2. The molecule has 1 aromatic heterocycles. The van der Waals surface area contributed by atoms with Crippen LogP contribution in [0.3, 0.4) is 0 Å². The number of nitrogens with one attached hydrogen (secondary N) is 1. The van der Waals surface area contributed by atoms with Gasteiger partial charge in [0.25, 0.3) is 5.91 Å². The highest BCUT2D eigenvalue weighted by molar-refractivity contribution is 9.11. The van der Waals surface area contributed by atoms with Gasteiger partial charge in [-0.15, -0.1) is 0 Å². The van der Waals surface area contributed by atoms with E-state index in [0.29, 0.717) is 22.6 Å². The lowest BCUT2D eigenvalue weighted by Crippen LogP contribution is -2.15. The molecule has 2 aromatic rings. The highest BCUT2D eigenvalue weighted by Gasteiger charge is 2.14. The third-order valence-electron chi connectivity index (χ3n) is 2.78. The lowest BCUT2D eigenvalue weighted by atomic mass is 10.1. The number of nitrogens with two attached hydrogens (primary N) is 1. The maximum Gasteiger partial charge on any atom is 0.257 e. The predicted molar refractivity (Wildman–Crippen MR) is 87.9 cm³/mol. The van der Waals surface area contributed by atoms with Crippen LogP contribution in [0, 0.1) is 13.8 Å². The Balaban J connectivity index is 2.35. The standard InChI is InChI=1S/C14H13Br2N3O/c1-7-3-11(15)13(12(16)4-7)19-14(20)10-5-9(17)6-18-8(10)2/h3-6H,17H2,1-2H3,(H,19,20). The monoisotopic (exact) mass is 397 g/mol. The van der Waals surface area contributed by atoms with E-state index in [0.717, 1.165) is 14.5 Å². The van der Waals surface area contributed by atoms with E-state index >= 15 is 0 Å². The number of amides is 1. The molecule has 6 heteroatoms. The Hall–Kier alpha value is -1.40. The van der Waals surface area contributed by atoms with Crippen molar-refractivity contribution in [3.8, 4) is 0 Å². The molecular weight excluding hydrogens is 386 g/mol. The van der Waals surface area contributed by atoms with E-state index in [1.54, 1.807) is 13.0 Å². The Morgan fingerprint density at radius 2 is 1.80 bits per heavy atom. The molecule has 0 fully saturated rings. The molecule has 0 atom stereocenters. The van der Waals surface area contributed by atoms with E-state index in [1.807, 2.05) is 19.1 Å². The minimum atomic E-state index is -0.243. The zero-order valence-electron chi connectivity index (χ0n) is 11.0. The first-order valence-electron chi connectivity index (χ1n) is 5.87. The number of hydrogen-bond acceptors (Lipinski definition) is 3. The van der Waals surface area contributed by atoms with Crippen molar-refractivity contribution in [2.45, 2.75) is 13.8 Å². The van der Waals surface area contributed by atoms with Crippen molar-refractivity contribution < 1.29 is 4.79 Å². The topological polar surface area (TPSA) is 68.0 Å². The van der Waals surface area contributed by atoms with Crippen LogP contribution >= 0.6 is 31.9 Å². The molecule has 0 unspecified atom stereocenters. The Morgan fingerprint density at radius 3 is 2.40 bits per heavy atom. The molecule has 1 heterocycles. The third kappa shape index (κ3) is 3.19. The van der Waals surface area contributed by atoms with Gasteiger partial charge in [0, 0.05) is 8.95 Å². The number of benzene rings is 1. The molecule has 104 valence electrons. The largest absolute Gasteiger partial charge is 0.397 e. The van der Waals surface area contributed by atoms with Gasteiger partial charge in [-0.2, -0.15) is 0 Å². The summed E-state index contributed by atoms with van der Waals surface area (Å²) in [4.78, 5) is 16.4. The average molecular weight is 399 g/mol. The predicted octanol–water partition coefficient (Wildman–Crippen LogP) is 4.06. The van der Waals surface area contributed by atoms with E-state index in [9.17, 15) is 4.79 Å². The van der Waals surface area contributed by atoms with Crippen LogP contribution in [0.5, 0.6) is 0 Å². The Morgan fingerprint density at radius 1 is 1.20 bits per heavy atom. The van der Waals surface area contributed by atoms with Crippen LogP contribution in [0.2, 0.25) is 0 Å². The average Bonchev–Trinajstić information content (AvgIpc) is 2.36. The van der Waals surface area contributed by atoms with E-state index < -0.39 is 0 Å². The van der Waals surface area contributed by atoms with Gasteiger partial charge in [-0.05, 0) is 69.5 Å². The number of anilines is 2. The van der Waals surface area contributed by atoms with Crippen LogP contribution in [-0.4, -0.2) is 10.9 Å². The fourth-order valence-electron chi connectivity index (χ4n) is 1.78. The number of carbonyl (C=O) groups excluding carboxylic acids is 1. The van der Waals surface area contributed by atoms with Crippen LogP contribution in [0.15, 0.2) is 33.3 Å². The fraction of sp³-hybridized carbons (Fsp3) is 0.143. The first-order valence-corrected chi connectivity index (χ1v) is 7.46. The second-order valence-electron chi connectivity index (χ2n) is 4.46. The summed E-state index contributed by atoms with van der Waals surface area (Å²) in [5.41, 5.74) is 9.01. The molecule has 0 saturated heterocycles. The van der Waals surface area contributed by atoms with E-state index in [4.69, 9.17) is 5.73 Å². The van der Waals surface area contributed by atoms with Crippen molar-refractivity contribution in [3.63, 3.8) is 0 Å². The van der Waals surface area contributed by atoms with E-state index in [1.165, 1.54) is 6.20 Å². The number of aromatic nitrogens is 1. The van der Waals surface area contributed by atoms with Crippen LogP contribution < -0.4 is 11.1 Å². The van der Waals surface area contributed by atoms with Crippen molar-refractivity contribution in [3.05, 3.63) is 50.2 Å². The first-order chi connectivity index (χ1) is 9.38. The fourth-order valence-corrected chi connectivity index (χ4v) is 3.39. The third-order valence-corrected chi connectivity index (χ3v) is 4.03. The summed E-state index contributed by atoms with van der Waals surface area (Å²) in [7, 11) is 0. The van der Waals surface area contributed by atoms with E-state index in [2.05, 4.69) is 42.2 Å². The highest BCUT2D eigenvalue weighted by Crippen LogP contribution is 2.32. The van der Waals surface area contributed by atoms with Crippen LogP contribution in [0.4, 0.5) is 11.4 Å². The summed E-state index contributed by atoms with van der Waals surface area (Å²) < 4.78 is 1.62. The Kier molecular flexibility index (Phi) is 4.45. The lowest BCUT2D eigenvalue weighted by Gasteiger charge is -2.12. The van der Waals surface area contributed by atoms with Crippen LogP contribution in [0.1, 0.15) is 21.6 Å². The molecule has 4 nitrogen and oxygen atoms in total. The Bertz CT molecular complexity index is 663. The van der Waals surface area contributed by atoms with Gasteiger partial charge in [0.1, 0.15) is 0 Å². The highest BCUT2D eigenvalue weighted by atomic mass is 79.9. The molecule has 3 N–H and O–H groups in total. The number of hydrogen-bond donors (Lipinski definition) is 2. The van der Waals surface area contributed by atoms with Gasteiger partial charge in [0.2, 0.25) is 0 Å². The number of rotatable bonds is 2. The van der Waals surface area contributed by atoms with Gasteiger partial charge < -0.3 is 11.1 Å². The zero-order valence-corrected chi connectivity index (χ0v) is 14.2. The summed E-state index contributed by atoms with van der Waals surface area (Å²) >= 11 is 6.89. The number of carbonyl (C=O) groups is 1. The lowest BCUT2D eigenvalue weighted by molar-refractivity contribution is 0.102. The smallest absolute Gasteiger partial charge is 0.257 e. The number of nitrogens with zero attached hydrogens (tertiary/aromatic N) is 1. The molecular formula is C14H13Br2N3O. The van der Waals surface area contributed by atoms with Gasteiger partial charge in [-0.1, -0.05) is 0 Å². The molecule has 0 spiro atoms. The quantitative estimate of drug-likeness (QED) is 0.801. The second kappa shape index (κ2) is 5.93. The van der Waals surface area contributed by atoms with Crippen molar-refractivity contribution in [1.82, 2.24) is 4.98 Å². The maximum atomic E-state index is 12.3. The van der Waals surface area contributed by atoms with Crippen molar-refractivity contribution >= 4 is 49.1 Å². The normalized spacial score (nSPS) is 10.4. The zero-order chi connectivity index (χ0) is 14.9. The number of nitrogen functional groups attached to an aromatic ring is 1. The van der Waals surface area contributed by atoms with Gasteiger partial charge in [-0.25, -0.2) is 0 Å². The molecule has 0 aliphatic heterocycles. The second-order valence-corrected chi connectivity index (χ2v) is 6.17. The summed E-state index contributed by atoms with van der Waals surface area (Å²) in [5, 5.41) is 2.86. The first kappa shape index (κ1) is 15.0. The van der Waals surface area contributed by atoms with Gasteiger partial charge in [0.05, 0.1) is 28.8 Å². The molecule has 1 aromatic carbocycles. The minimum Gasteiger partial charge on any atom is -0.397 e. The minimum absolute atomic E-state index is 0.243. The molecule has 0 radical (unpaired) electrons. The number of halogens is 2. The van der Waals surface area contributed by atoms with Crippen LogP contribution in [0.25, 0.3) is 0 Å². The molecule has 0 aliphatic carbocycles. The van der Waals surface area contributed by atoms with Crippen molar-refractivity contribution in [2.75, 3.05) is 11.1 Å². The molecule has 1 amide bonds. The molecule has 2 rings (SSSR count). The maximum absolute atomic E-state index is 12.3. The van der Waals surface area contributed by atoms with Crippen LogP contribution in [-0.2, 0) is 0 Å². The summed E-state index contributed by atoms with van der Waals surface area (Å²) in [5.74, 6) is -0.243. The Labute approximate surface area is 134 Å². The summed E-state index contributed by atoms with van der Waals surface area (Å²) in [6.07, 6.45) is 1.53. The van der Waals surface area contributed by atoms with Gasteiger partial charge in [0.15, 0.2) is 0 Å². The molecule has 0 aliphatic rings.